The van der Waals surface area contributed by atoms with Gasteiger partial charge >= 0.3 is 0 Å². The predicted octanol–water partition coefficient (Wildman–Crippen LogP) is 0.452. The topological polar surface area (TPSA) is 75.3 Å². The summed E-state index contributed by atoms with van der Waals surface area (Å²) in [7, 11) is -3.53. The number of anilines is 1. The molecule has 2 aliphatic rings. The molecule has 2 atom stereocenters. The van der Waals surface area contributed by atoms with Gasteiger partial charge in [-0.3, -0.25) is 9.52 Å². The van der Waals surface area contributed by atoms with Crippen molar-refractivity contribution in [1.29, 1.82) is 0 Å². The summed E-state index contributed by atoms with van der Waals surface area (Å²) in [4.78, 5) is 11.7. The van der Waals surface area contributed by atoms with Crippen LogP contribution < -0.4 is 10.0 Å². The standard InChI is InChI=1S/C10H9FN2O3S/c11-5-1-2-6-7(3-5)13-17(15,16)9-4-8(9)12-10(6)14/h1-3,8-9,13H,4H2,(H,12,14). The van der Waals surface area contributed by atoms with Crippen molar-refractivity contribution in [2.45, 2.75) is 17.7 Å². The number of hydrogen-bond donors (Lipinski definition) is 2. The van der Waals surface area contributed by atoms with Gasteiger partial charge in [0.25, 0.3) is 5.91 Å². The summed E-state index contributed by atoms with van der Waals surface area (Å²) in [6, 6.07) is 3.07. The summed E-state index contributed by atoms with van der Waals surface area (Å²) in [5.41, 5.74) is 0.133. The highest BCUT2D eigenvalue weighted by Crippen LogP contribution is 2.34. The fourth-order valence-corrected chi connectivity index (χ4v) is 3.53. The van der Waals surface area contributed by atoms with Crippen molar-refractivity contribution in [2.24, 2.45) is 0 Å². The van der Waals surface area contributed by atoms with Gasteiger partial charge in [0, 0.05) is 6.04 Å². The lowest BCUT2D eigenvalue weighted by Gasteiger charge is -2.16. The van der Waals surface area contributed by atoms with Gasteiger partial charge in [-0.2, -0.15) is 0 Å². The molecule has 1 aliphatic carbocycles. The lowest BCUT2D eigenvalue weighted by atomic mass is 10.1. The van der Waals surface area contributed by atoms with E-state index in [1.165, 1.54) is 6.07 Å². The van der Waals surface area contributed by atoms with Gasteiger partial charge < -0.3 is 5.32 Å². The summed E-state index contributed by atoms with van der Waals surface area (Å²) in [5.74, 6) is -0.970. The molecular formula is C10H9FN2O3S. The van der Waals surface area contributed by atoms with Crippen molar-refractivity contribution in [3.05, 3.63) is 29.6 Å². The van der Waals surface area contributed by atoms with Crippen LogP contribution in [0.25, 0.3) is 0 Å². The second-order valence-electron chi connectivity index (χ2n) is 4.19. The van der Waals surface area contributed by atoms with E-state index in [1.807, 2.05) is 0 Å². The van der Waals surface area contributed by atoms with Crippen LogP contribution in [0.3, 0.4) is 0 Å². The number of carbonyl (C=O) groups excluding carboxylic acids is 1. The highest BCUT2D eigenvalue weighted by Gasteiger charge is 2.50. The summed E-state index contributed by atoms with van der Waals surface area (Å²) < 4.78 is 38.9. The second-order valence-corrected chi connectivity index (χ2v) is 6.09. The molecule has 0 radical (unpaired) electrons. The van der Waals surface area contributed by atoms with Crippen molar-refractivity contribution in [2.75, 3.05) is 4.72 Å². The maximum atomic E-state index is 13.0. The fourth-order valence-electron chi connectivity index (χ4n) is 1.94. The molecule has 2 N–H and O–H groups in total. The molecule has 1 aromatic carbocycles. The largest absolute Gasteiger partial charge is 0.348 e. The SMILES string of the molecule is O=C1NC2CC2S(=O)(=O)Nc2cc(F)ccc21. The van der Waals surface area contributed by atoms with Crippen LogP contribution in [0.2, 0.25) is 0 Å². The molecule has 5 nitrogen and oxygen atoms in total. The maximum absolute atomic E-state index is 13.0. The smallest absolute Gasteiger partial charge is 0.253 e. The quantitative estimate of drug-likeness (QED) is 0.707. The zero-order valence-corrected chi connectivity index (χ0v) is 9.42. The van der Waals surface area contributed by atoms with Crippen LogP contribution in [0, 0.1) is 5.82 Å². The number of halogens is 1. The lowest BCUT2D eigenvalue weighted by Crippen LogP contribution is -2.35. The number of carbonyl (C=O) groups is 1. The Hall–Kier alpha value is -1.63. The van der Waals surface area contributed by atoms with Crippen molar-refractivity contribution in [3.63, 3.8) is 0 Å². The summed E-state index contributed by atoms with van der Waals surface area (Å²) in [6.07, 6.45) is 0.400. The van der Waals surface area contributed by atoms with Crippen LogP contribution in [0.5, 0.6) is 0 Å². The molecule has 1 aromatic rings. The Labute approximate surface area is 97.1 Å². The molecule has 1 saturated carbocycles. The van der Waals surface area contributed by atoms with Crippen molar-refractivity contribution in [1.82, 2.24) is 5.32 Å². The number of rotatable bonds is 0. The van der Waals surface area contributed by atoms with Gasteiger partial charge in [-0.05, 0) is 24.6 Å². The third-order valence-electron chi connectivity index (χ3n) is 2.93. The van der Waals surface area contributed by atoms with Gasteiger partial charge in [-0.15, -0.1) is 0 Å². The van der Waals surface area contributed by atoms with E-state index in [0.717, 1.165) is 12.1 Å². The number of hydrogen-bond acceptors (Lipinski definition) is 3. The maximum Gasteiger partial charge on any atom is 0.253 e. The van der Waals surface area contributed by atoms with Crippen LogP contribution >= 0.6 is 0 Å². The third-order valence-corrected chi connectivity index (χ3v) is 4.75. The van der Waals surface area contributed by atoms with E-state index < -0.39 is 21.1 Å². The van der Waals surface area contributed by atoms with E-state index in [1.54, 1.807) is 0 Å². The highest BCUT2D eigenvalue weighted by molar-refractivity contribution is 7.93. The molecule has 1 fully saturated rings. The second kappa shape index (κ2) is 3.19. The molecule has 0 bridgehead atoms. The molecule has 2 unspecified atom stereocenters. The lowest BCUT2D eigenvalue weighted by molar-refractivity contribution is 0.0952. The van der Waals surface area contributed by atoms with Crippen LogP contribution in [-0.4, -0.2) is 25.6 Å². The zero-order valence-electron chi connectivity index (χ0n) is 8.60. The van der Waals surface area contributed by atoms with E-state index >= 15 is 0 Å². The summed E-state index contributed by atoms with van der Waals surface area (Å²) in [6.45, 7) is 0. The molecule has 90 valence electrons. The van der Waals surface area contributed by atoms with Crippen LogP contribution in [0.4, 0.5) is 10.1 Å². The minimum absolute atomic E-state index is 0.00662. The van der Waals surface area contributed by atoms with Crippen molar-refractivity contribution >= 4 is 21.6 Å². The van der Waals surface area contributed by atoms with E-state index in [9.17, 15) is 17.6 Å². The minimum atomic E-state index is -3.53. The monoisotopic (exact) mass is 256 g/mol. The van der Waals surface area contributed by atoms with Crippen molar-refractivity contribution < 1.29 is 17.6 Å². The molecule has 0 spiro atoms. The van der Waals surface area contributed by atoms with Gasteiger partial charge in [-0.1, -0.05) is 0 Å². The molecule has 1 heterocycles. The number of nitrogens with one attached hydrogen (secondary N) is 2. The molecular weight excluding hydrogens is 247 g/mol. The molecule has 1 aliphatic heterocycles. The molecule has 1 amide bonds. The van der Waals surface area contributed by atoms with E-state index in [-0.39, 0.29) is 23.2 Å². The third kappa shape index (κ3) is 1.66. The van der Waals surface area contributed by atoms with Gasteiger partial charge in [0.15, 0.2) is 0 Å². The first-order chi connectivity index (χ1) is 7.97. The molecule has 3 rings (SSSR count). The first kappa shape index (κ1) is 10.5. The average Bonchev–Trinajstić information content (AvgIpc) is 2.95. The van der Waals surface area contributed by atoms with Gasteiger partial charge in [-0.25, -0.2) is 12.8 Å². The number of sulfonamides is 1. The number of benzene rings is 1. The Morgan fingerprint density at radius 1 is 1.35 bits per heavy atom. The Balaban J connectivity index is 2.14. The van der Waals surface area contributed by atoms with Crippen LogP contribution in [0.15, 0.2) is 18.2 Å². The molecule has 7 heteroatoms. The Kier molecular flexibility index (Phi) is 1.97. The van der Waals surface area contributed by atoms with Crippen LogP contribution in [-0.2, 0) is 10.0 Å². The van der Waals surface area contributed by atoms with E-state index in [2.05, 4.69) is 10.0 Å². The molecule has 0 saturated heterocycles. The molecule has 0 aromatic heterocycles. The fraction of sp³-hybridized carbons (Fsp3) is 0.300. The summed E-state index contributed by atoms with van der Waals surface area (Å²) in [5, 5.41) is 2.00. The zero-order chi connectivity index (χ0) is 12.2. The number of fused-ring (bicyclic) bond motifs is 2. The van der Waals surface area contributed by atoms with E-state index in [4.69, 9.17) is 0 Å². The first-order valence-electron chi connectivity index (χ1n) is 5.09. The van der Waals surface area contributed by atoms with Gasteiger partial charge in [0.1, 0.15) is 11.1 Å². The average molecular weight is 256 g/mol. The highest BCUT2D eigenvalue weighted by atomic mass is 32.2. The summed E-state index contributed by atoms with van der Waals surface area (Å²) >= 11 is 0. The van der Waals surface area contributed by atoms with Gasteiger partial charge in [0.05, 0.1) is 11.3 Å². The van der Waals surface area contributed by atoms with E-state index in [0.29, 0.717) is 6.42 Å². The Morgan fingerprint density at radius 3 is 2.88 bits per heavy atom. The number of amides is 1. The Morgan fingerprint density at radius 2 is 2.12 bits per heavy atom. The van der Waals surface area contributed by atoms with Crippen LogP contribution in [0.1, 0.15) is 16.8 Å². The van der Waals surface area contributed by atoms with Gasteiger partial charge in [0.2, 0.25) is 10.0 Å². The first-order valence-corrected chi connectivity index (χ1v) is 6.64. The molecule has 17 heavy (non-hydrogen) atoms. The predicted molar refractivity (Wildman–Crippen MR) is 58.6 cm³/mol. The van der Waals surface area contributed by atoms with Crippen molar-refractivity contribution in [3.8, 4) is 0 Å². The Bertz CT molecular complexity index is 614. The normalized spacial score (nSPS) is 28.9. The minimum Gasteiger partial charge on any atom is -0.348 e.